The molecule has 0 bridgehead atoms. The van der Waals surface area contributed by atoms with Gasteiger partial charge in [0, 0.05) is 24.4 Å². The van der Waals surface area contributed by atoms with Crippen molar-refractivity contribution in [1.82, 2.24) is 0 Å². The van der Waals surface area contributed by atoms with Gasteiger partial charge in [0.1, 0.15) is 0 Å². The molecule has 0 radical (unpaired) electrons. The summed E-state index contributed by atoms with van der Waals surface area (Å²) >= 11 is 0. The summed E-state index contributed by atoms with van der Waals surface area (Å²) in [4.78, 5) is 10.1. The Kier molecular flexibility index (Phi) is 3.45. The summed E-state index contributed by atoms with van der Waals surface area (Å²) in [5.74, 6) is 0. The lowest BCUT2D eigenvalue weighted by Gasteiger charge is -2.07. The highest BCUT2D eigenvalue weighted by Crippen LogP contribution is 2.21. The number of hydrogen-bond acceptors (Lipinski definition) is 3. The highest BCUT2D eigenvalue weighted by molar-refractivity contribution is 5.56. The Morgan fingerprint density at radius 2 is 2.21 bits per heavy atom. The van der Waals surface area contributed by atoms with Crippen molar-refractivity contribution < 1.29 is 4.92 Å². The number of anilines is 1. The fourth-order valence-electron chi connectivity index (χ4n) is 1.17. The van der Waals surface area contributed by atoms with Gasteiger partial charge in [0.25, 0.3) is 5.69 Å². The summed E-state index contributed by atoms with van der Waals surface area (Å²) in [6.45, 7) is 4.82. The van der Waals surface area contributed by atoms with Gasteiger partial charge in [-0.25, -0.2) is 0 Å². The van der Waals surface area contributed by atoms with E-state index in [0.29, 0.717) is 0 Å². The maximum atomic E-state index is 10.5. The molecule has 0 spiro atoms. The van der Waals surface area contributed by atoms with Crippen molar-refractivity contribution in [1.29, 1.82) is 0 Å². The molecule has 1 rings (SSSR count). The Bertz CT molecular complexity index is 337. The molecule has 1 aromatic carbocycles. The lowest BCUT2D eigenvalue weighted by atomic mass is 10.2. The molecule has 1 N–H and O–H groups in total. The molecule has 0 aromatic heterocycles. The van der Waals surface area contributed by atoms with Gasteiger partial charge < -0.3 is 5.32 Å². The number of nitrogens with one attached hydrogen (secondary N) is 1. The van der Waals surface area contributed by atoms with E-state index in [-0.39, 0.29) is 10.6 Å². The van der Waals surface area contributed by atoms with Gasteiger partial charge in [0.2, 0.25) is 0 Å². The van der Waals surface area contributed by atoms with Crippen LogP contribution in [0, 0.1) is 17.0 Å². The van der Waals surface area contributed by atoms with Crippen molar-refractivity contribution in [3.63, 3.8) is 0 Å². The van der Waals surface area contributed by atoms with Gasteiger partial charge in [-0.1, -0.05) is 13.0 Å². The van der Waals surface area contributed by atoms with E-state index in [0.717, 1.165) is 24.2 Å². The predicted octanol–water partition coefficient (Wildman–Crippen LogP) is 2.73. The molecule has 0 aliphatic heterocycles. The Morgan fingerprint density at radius 1 is 1.50 bits per heavy atom. The van der Waals surface area contributed by atoms with Crippen LogP contribution in [-0.4, -0.2) is 11.5 Å². The number of aryl methyl sites for hydroxylation is 1. The highest BCUT2D eigenvalue weighted by atomic mass is 16.6. The minimum atomic E-state index is -0.378. The Hall–Kier alpha value is -1.58. The predicted molar refractivity (Wildman–Crippen MR) is 56.6 cm³/mol. The van der Waals surface area contributed by atoms with Crippen molar-refractivity contribution >= 4 is 11.4 Å². The second-order valence-corrected chi connectivity index (χ2v) is 3.18. The topological polar surface area (TPSA) is 55.2 Å². The van der Waals surface area contributed by atoms with Gasteiger partial charge in [0.05, 0.1) is 4.92 Å². The van der Waals surface area contributed by atoms with E-state index in [4.69, 9.17) is 0 Å². The molecule has 0 saturated carbocycles. The number of hydrogen-bond donors (Lipinski definition) is 1. The molecule has 0 aliphatic rings. The second kappa shape index (κ2) is 4.60. The molecular formula is C10H14N2O2. The molecule has 4 nitrogen and oxygen atoms in total. The summed E-state index contributed by atoms with van der Waals surface area (Å²) in [7, 11) is 0. The minimum absolute atomic E-state index is 0.134. The van der Waals surface area contributed by atoms with Crippen LogP contribution < -0.4 is 5.32 Å². The van der Waals surface area contributed by atoms with Gasteiger partial charge in [-0.2, -0.15) is 0 Å². The zero-order valence-electron chi connectivity index (χ0n) is 8.41. The van der Waals surface area contributed by atoms with Crippen LogP contribution in [0.4, 0.5) is 11.4 Å². The summed E-state index contributed by atoms with van der Waals surface area (Å²) in [6.07, 6.45) is 1.00. The van der Waals surface area contributed by atoms with Crippen LogP contribution in [0.15, 0.2) is 18.2 Å². The molecule has 0 saturated heterocycles. The standard InChI is InChI=1S/C10H14N2O2/c1-3-6-11-10-7-9(12(13)14)5-4-8(10)2/h4-5,7,11H,3,6H2,1-2H3. The monoisotopic (exact) mass is 194 g/mol. The maximum absolute atomic E-state index is 10.5. The number of nitrogens with zero attached hydrogens (tertiary/aromatic N) is 1. The molecule has 0 atom stereocenters. The molecule has 0 heterocycles. The number of rotatable bonds is 4. The summed E-state index contributed by atoms with van der Waals surface area (Å²) in [5.41, 5.74) is 2.01. The average Bonchev–Trinajstić information content (AvgIpc) is 2.16. The number of non-ortho nitro benzene ring substituents is 1. The number of nitro benzene ring substituents is 1. The largest absolute Gasteiger partial charge is 0.385 e. The van der Waals surface area contributed by atoms with Crippen molar-refractivity contribution in [2.45, 2.75) is 20.3 Å². The molecule has 76 valence electrons. The van der Waals surface area contributed by atoms with Crippen LogP contribution in [0.1, 0.15) is 18.9 Å². The summed E-state index contributed by atoms with van der Waals surface area (Å²) in [6, 6.07) is 4.85. The van der Waals surface area contributed by atoms with E-state index in [2.05, 4.69) is 12.2 Å². The van der Waals surface area contributed by atoms with Crippen molar-refractivity contribution in [2.75, 3.05) is 11.9 Å². The maximum Gasteiger partial charge on any atom is 0.271 e. The third kappa shape index (κ3) is 2.45. The Morgan fingerprint density at radius 3 is 2.79 bits per heavy atom. The number of nitro groups is 1. The van der Waals surface area contributed by atoms with Crippen LogP contribution in [-0.2, 0) is 0 Å². The van der Waals surface area contributed by atoms with Crippen LogP contribution in [0.25, 0.3) is 0 Å². The highest BCUT2D eigenvalue weighted by Gasteiger charge is 2.07. The lowest BCUT2D eigenvalue weighted by molar-refractivity contribution is -0.384. The van der Waals surface area contributed by atoms with Crippen LogP contribution in [0.5, 0.6) is 0 Å². The fraction of sp³-hybridized carbons (Fsp3) is 0.400. The lowest BCUT2D eigenvalue weighted by Crippen LogP contribution is -2.02. The van der Waals surface area contributed by atoms with E-state index in [9.17, 15) is 10.1 Å². The second-order valence-electron chi connectivity index (χ2n) is 3.18. The van der Waals surface area contributed by atoms with Crippen molar-refractivity contribution in [2.24, 2.45) is 0 Å². The first-order valence-electron chi connectivity index (χ1n) is 4.64. The Labute approximate surface area is 83.1 Å². The van der Waals surface area contributed by atoms with Gasteiger partial charge in [-0.05, 0) is 18.9 Å². The summed E-state index contributed by atoms with van der Waals surface area (Å²) < 4.78 is 0. The molecule has 0 fully saturated rings. The van der Waals surface area contributed by atoms with Gasteiger partial charge >= 0.3 is 0 Å². The first-order valence-corrected chi connectivity index (χ1v) is 4.64. The van der Waals surface area contributed by atoms with E-state index in [1.807, 2.05) is 6.92 Å². The van der Waals surface area contributed by atoms with E-state index in [1.54, 1.807) is 12.1 Å². The molecule has 1 aromatic rings. The zero-order chi connectivity index (χ0) is 10.6. The van der Waals surface area contributed by atoms with Crippen molar-refractivity contribution in [3.8, 4) is 0 Å². The van der Waals surface area contributed by atoms with E-state index in [1.165, 1.54) is 6.07 Å². The molecule has 0 unspecified atom stereocenters. The third-order valence-electron chi connectivity index (χ3n) is 2.00. The van der Waals surface area contributed by atoms with Gasteiger partial charge in [0.15, 0.2) is 0 Å². The smallest absolute Gasteiger partial charge is 0.271 e. The first-order chi connectivity index (χ1) is 6.65. The van der Waals surface area contributed by atoms with Crippen LogP contribution >= 0.6 is 0 Å². The van der Waals surface area contributed by atoms with Crippen molar-refractivity contribution in [3.05, 3.63) is 33.9 Å². The summed E-state index contributed by atoms with van der Waals surface area (Å²) in [5, 5.41) is 13.7. The molecule has 4 heteroatoms. The van der Waals surface area contributed by atoms with Crippen LogP contribution in [0.3, 0.4) is 0 Å². The first kappa shape index (κ1) is 10.5. The molecule has 14 heavy (non-hydrogen) atoms. The molecule has 0 aliphatic carbocycles. The normalized spacial score (nSPS) is 9.86. The quantitative estimate of drug-likeness (QED) is 0.592. The van der Waals surface area contributed by atoms with Gasteiger partial charge in [-0.15, -0.1) is 0 Å². The Balaban J connectivity index is 2.90. The molecule has 0 amide bonds. The average molecular weight is 194 g/mol. The minimum Gasteiger partial charge on any atom is -0.385 e. The SMILES string of the molecule is CCCNc1cc([N+](=O)[O-])ccc1C. The fourth-order valence-corrected chi connectivity index (χ4v) is 1.17. The van der Waals surface area contributed by atoms with Gasteiger partial charge in [-0.3, -0.25) is 10.1 Å². The third-order valence-corrected chi connectivity index (χ3v) is 2.00. The number of benzene rings is 1. The van der Waals surface area contributed by atoms with E-state index >= 15 is 0 Å². The van der Waals surface area contributed by atoms with Crippen LogP contribution in [0.2, 0.25) is 0 Å². The zero-order valence-corrected chi connectivity index (χ0v) is 8.41. The molecular weight excluding hydrogens is 180 g/mol. The van der Waals surface area contributed by atoms with E-state index < -0.39 is 0 Å².